The SMILES string of the molecule is CC(=O)N(C)Cc1cccc(NC(=O)N[C@H]2CCC[C@@H]2C)c1. The quantitative estimate of drug-likeness (QED) is 0.898. The van der Waals surface area contributed by atoms with E-state index in [2.05, 4.69) is 17.6 Å². The molecule has 1 aliphatic carbocycles. The number of anilines is 1. The molecule has 2 N–H and O–H groups in total. The Morgan fingerprint density at radius 3 is 2.73 bits per heavy atom. The third kappa shape index (κ3) is 4.48. The number of nitrogens with one attached hydrogen (secondary N) is 2. The molecule has 5 heteroatoms. The van der Waals surface area contributed by atoms with Gasteiger partial charge >= 0.3 is 6.03 Å². The molecule has 1 aromatic carbocycles. The fourth-order valence-corrected chi connectivity index (χ4v) is 2.83. The first-order chi connectivity index (χ1) is 10.5. The summed E-state index contributed by atoms with van der Waals surface area (Å²) in [6.45, 7) is 4.25. The Hall–Kier alpha value is -2.04. The van der Waals surface area contributed by atoms with Crippen molar-refractivity contribution < 1.29 is 9.59 Å². The van der Waals surface area contributed by atoms with Crippen molar-refractivity contribution in [1.82, 2.24) is 10.2 Å². The van der Waals surface area contributed by atoms with Gasteiger partial charge in [-0.3, -0.25) is 4.79 Å². The predicted octanol–water partition coefficient (Wildman–Crippen LogP) is 2.98. The summed E-state index contributed by atoms with van der Waals surface area (Å²) in [4.78, 5) is 25.0. The first-order valence-electron chi connectivity index (χ1n) is 7.84. The number of nitrogens with zero attached hydrogens (tertiary/aromatic N) is 1. The van der Waals surface area contributed by atoms with Gasteiger partial charge < -0.3 is 15.5 Å². The summed E-state index contributed by atoms with van der Waals surface area (Å²) in [7, 11) is 1.76. The number of urea groups is 1. The first-order valence-corrected chi connectivity index (χ1v) is 7.84. The van der Waals surface area contributed by atoms with Crippen molar-refractivity contribution in [2.45, 2.75) is 45.7 Å². The Balaban J connectivity index is 1.92. The highest BCUT2D eigenvalue weighted by atomic mass is 16.2. The molecule has 1 saturated carbocycles. The summed E-state index contributed by atoms with van der Waals surface area (Å²) in [5, 5.41) is 5.92. The van der Waals surface area contributed by atoms with Crippen LogP contribution in [0.25, 0.3) is 0 Å². The lowest BCUT2D eigenvalue weighted by Gasteiger charge is -2.18. The van der Waals surface area contributed by atoms with Gasteiger partial charge in [0.2, 0.25) is 5.91 Å². The van der Waals surface area contributed by atoms with Crippen molar-refractivity contribution in [2.24, 2.45) is 5.92 Å². The summed E-state index contributed by atoms with van der Waals surface area (Å²) in [6, 6.07) is 7.70. The fraction of sp³-hybridized carbons (Fsp3) is 0.529. The molecule has 1 fully saturated rings. The largest absolute Gasteiger partial charge is 0.342 e. The lowest BCUT2D eigenvalue weighted by molar-refractivity contribution is -0.128. The molecule has 0 bridgehead atoms. The molecule has 2 atom stereocenters. The van der Waals surface area contributed by atoms with Crippen LogP contribution >= 0.6 is 0 Å². The van der Waals surface area contributed by atoms with Gasteiger partial charge in [-0.15, -0.1) is 0 Å². The van der Waals surface area contributed by atoms with E-state index in [0.29, 0.717) is 12.5 Å². The lowest BCUT2D eigenvalue weighted by atomic mass is 10.1. The molecule has 0 aliphatic heterocycles. The van der Waals surface area contributed by atoms with Crippen LogP contribution in [-0.4, -0.2) is 29.9 Å². The third-order valence-electron chi connectivity index (χ3n) is 4.32. The van der Waals surface area contributed by atoms with Crippen LogP contribution in [0.4, 0.5) is 10.5 Å². The minimum Gasteiger partial charge on any atom is -0.342 e. The second kappa shape index (κ2) is 7.29. The molecule has 0 aromatic heterocycles. The van der Waals surface area contributed by atoms with Crippen LogP contribution < -0.4 is 10.6 Å². The molecule has 3 amide bonds. The Labute approximate surface area is 132 Å². The van der Waals surface area contributed by atoms with Crippen molar-refractivity contribution in [3.05, 3.63) is 29.8 Å². The Morgan fingerprint density at radius 2 is 2.09 bits per heavy atom. The monoisotopic (exact) mass is 303 g/mol. The van der Waals surface area contributed by atoms with Crippen LogP contribution in [0.2, 0.25) is 0 Å². The lowest BCUT2D eigenvalue weighted by Crippen LogP contribution is -2.39. The van der Waals surface area contributed by atoms with E-state index in [1.54, 1.807) is 11.9 Å². The highest BCUT2D eigenvalue weighted by Crippen LogP contribution is 2.24. The summed E-state index contributed by atoms with van der Waals surface area (Å²) in [5.74, 6) is 0.563. The van der Waals surface area contributed by atoms with Crippen LogP contribution in [0.15, 0.2) is 24.3 Å². The standard InChI is InChI=1S/C17H25N3O2/c1-12-6-4-9-16(12)19-17(22)18-15-8-5-7-14(10-15)11-20(3)13(2)21/h5,7-8,10,12,16H,4,6,9,11H2,1-3H3,(H2,18,19,22)/t12-,16-/m0/s1. The van der Waals surface area contributed by atoms with Crippen LogP contribution in [0.1, 0.15) is 38.7 Å². The highest BCUT2D eigenvalue weighted by Gasteiger charge is 2.24. The van der Waals surface area contributed by atoms with Gasteiger partial charge in [-0.1, -0.05) is 25.5 Å². The zero-order valence-electron chi connectivity index (χ0n) is 13.6. The van der Waals surface area contributed by atoms with Crippen molar-refractivity contribution in [3.8, 4) is 0 Å². The van der Waals surface area contributed by atoms with Crippen molar-refractivity contribution >= 4 is 17.6 Å². The van der Waals surface area contributed by atoms with Crippen molar-refractivity contribution in [2.75, 3.05) is 12.4 Å². The molecule has 0 heterocycles. The molecule has 1 aromatic rings. The summed E-state index contributed by atoms with van der Waals surface area (Å²) in [5.41, 5.74) is 1.74. The number of amides is 3. The minimum absolute atomic E-state index is 0.0197. The van der Waals surface area contributed by atoms with E-state index >= 15 is 0 Å². The molecule has 22 heavy (non-hydrogen) atoms. The Kier molecular flexibility index (Phi) is 5.41. The average molecular weight is 303 g/mol. The van der Waals surface area contributed by atoms with Crippen molar-refractivity contribution in [1.29, 1.82) is 0 Å². The normalized spacial score (nSPS) is 20.5. The first kappa shape index (κ1) is 16.3. The van der Waals surface area contributed by atoms with Gasteiger partial charge in [0.1, 0.15) is 0 Å². The van der Waals surface area contributed by atoms with Gasteiger partial charge in [-0.05, 0) is 36.5 Å². The second-order valence-corrected chi connectivity index (χ2v) is 6.19. The Morgan fingerprint density at radius 1 is 1.32 bits per heavy atom. The number of carbonyl (C=O) groups excluding carboxylic acids is 2. The smallest absolute Gasteiger partial charge is 0.319 e. The molecule has 0 radical (unpaired) electrons. The minimum atomic E-state index is -0.157. The number of carbonyl (C=O) groups is 2. The zero-order valence-corrected chi connectivity index (χ0v) is 13.6. The zero-order chi connectivity index (χ0) is 16.1. The summed E-state index contributed by atoms with van der Waals surface area (Å²) in [6.07, 6.45) is 3.41. The predicted molar refractivity (Wildman–Crippen MR) is 87.5 cm³/mol. The van der Waals surface area contributed by atoms with E-state index in [4.69, 9.17) is 0 Å². The molecule has 0 unspecified atom stereocenters. The van der Waals surface area contributed by atoms with Gasteiger partial charge in [0.05, 0.1) is 0 Å². The average Bonchev–Trinajstić information content (AvgIpc) is 2.84. The fourth-order valence-electron chi connectivity index (χ4n) is 2.83. The van der Waals surface area contributed by atoms with E-state index in [0.717, 1.165) is 17.7 Å². The van der Waals surface area contributed by atoms with Crippen LogP contribution in [0, 0.1) is 5.92 Å². The van der Waals surface area contributed by atoms with Crippen molar-refractivity contribution in [3.63, 3.8) is 0 Å². The number of hydrogen-bond donors (Lipinski definition) is 2. The highest BCUT2D eigenvalue weighted by molar-refractivity contribution is 5.89. The Bertz CT molecular complexity index is 544. The van der Waals surface area contributed by atoms with Gasteiger partial charge in [0.15, 0.2) is 0 Å². The van der Waals surface area contributed by atoms with E-state index in [1.807, 2.05) is 24.3 Å². The molecule has 2 rings (SSSR count). The number of benzene rings is 1. The van der Waals surface area contributed by atoms with Gasteiger partial charge in [0.25, 0.3) is 0 Å². The molecular formula is C17H25N3O2. The summed E-state index contributed by atoms with van der Waals surface area (Å²) < 4.78 is 0. The van der Waals surface area contributed by atoms with Crippen LogP contribution in [0.5, 0.6) is 0 Å². The van der Waals surface area contributed by atoms with E-state index in [-0.39, 0.29) is 18.0 Å². The molecular weight excluding hydrogens is 278 g/mol. The molecule has 0 saturated heterocycles. The molecule has 120 valence electrons. The van der Waals surface area contributed by atoms with E-state index < -0.39 is 0 Å². The molecule has 1 aliphatic rings. The maximum atomic E-state index is 12.1. The van der Waals surface area contributed by atoms with E-state index in [9.17, 15) is 9.59 Å². The third-order valence-corrected chi connectivity index (χ3v) is 4.32. The van der Waals surface area contributed by atoms with Gasteiger partial charge in [0, 0.05) is 32.2 Å². The van der Waals surface area contributed by atoms with Crippen LogP contribution in [0.3, 0.4) is 0 Å². The second-order valence-electron chi connectivity index (χ2n) is 6.19. The van der Waals surface area contributed by atoms with Crippen LogP contribution in [-0.2, 0) is 11.3 Å². The van der Waals surface area contributed by atoms with Gasteiger partial charge in [-0.2, -0.15) is 0 Å². The summed E-state index contributed by atoms with van der Waals surface area (Å²) >= 11 is 0. The topological polar surface area (TPSA) is 61.4 Å². The van der Waals surface area contributed by atoms with E-state index in [1.165, 1.54) is 19.8 Å². The maximum absolute atomic E-state index is 12.1. The molecule has 5 nitrogen and oxygen atoms in total. The number of rotatable bonds is 4. The number of hydrogen-bond acceptors (Lipinski definition) is 2. The maximum Gasteiger partial charge on any atom is 0.319 e. The molecule has 0 spiro atoms. The van der Waals surface area contributed by atoms with Gasteiger partial charge in [-0.25, -0.2) is 4.79 Å².